The van der Waals surface area contributed by atoms with Gasteiger partial charge in [-0.3, -0.25) is 4.90 Å². The summed E-state index contributed by atoms with van der Waals surface area (Å²) in [6.07, 6.45) is 5.75. The lowest BCUT2D eigenvalue weighted by Gasteiger charge is -2.40. The molecule has 0 saturated heterocycles. The zero-order valence-corrected chi connectivity index (χ0v) is 12.8. The first-order valence-electron chi connectivity index (χ1n) is 7.92. The highest BCUT2D eigenvalue weighted by Crippen LogP contribution is 2.33. The van der Waals surface area contributed by atoms with Gasteiger partial charge in [0, 0.05) is 23.7 Å². The van der Waals surface area contributed by atoms with Crippen LogP contribution in [0.4, 0.5) is 0 Å². The fourth-order valence-corrected chi connectivity index (χ4v) is 3.40. The summed E-state index contributed by atoms with van der Waals surface area (Å²) in [6, 6.07) is 8.96. The van der Waals surface area contributed by atoms with Crippen LogP contribution in [0.1, 0.15) is 57.6 Å². The van der Waals surface area contributed by atoms with E-state index in [1.807, 2.05) is 18.2 Å². The van der Waals surface area contributed by atoms with Crippen LogP contribution in [0.5, 0.6) is 5.75 Å². The van der Waals surface area contributed by atoms with Crippen LogP contribution in [0.3, 0.4) is 0 Å². The van der Waals surface area contributed by atoms with Gasteiger partial charge in [-0.05, 0) is 51.6 Å². The summed E-state index contributed by atoms with van der Waals surface area (Å²) in [5.74, 6) is 0.411. The van der Waals surface area contributed by atoms with Crippen LogP contribution < -0.4 is 5.73 Å². The maximum Gasteiger partial charge on any atom is 0.120 e. The van der Waals surface area contributed by atoms with Gasteiger partial charge >= 0.3 is 0 Å². The lowest BCUT2D eigenvalue weighted by Crippen LogP contribution is -2.42. The van der Waals surface area contributed by atoms with Crippen LogP contribution in [0.2, 0.25) is 0 Å². The molecule has 1 aromatic rings. The van der Waals surface area contributed by atoms with Gasteiger partial charge in [-0.15, -0.1) is 0 Å². The fraction of sp³-hybridized carbons (Fsp3) is 0.647. The third-order valence-corrected chi connectivity index (χ3v) is 4.58. The Morgan fingerprint density at radius 2 is 1.90 bits per heavy atom. The van der Waals surface area contributed by atoms with Crippen molar-refractivity contribution in [3.63, 3.8) is 0 Å². The van der Waals surface area contributed by atoms with E-state index in [2.05, 4.69) is 18.7 Å². The first-order chi connectivity index (χ1) is 9.63. The Kier molecular flexibility index (Phi) is 5.44. The van der Waals surface area contributed by atoms with Crippen LogP contribution >= 0.6 is 0 Å². The van der Waals surface area contributed by atoms with Gasteiger partial charge in [-0.25, -0.2) is 0 Å². The molecular weight excluding hydrogens is 248 g/mol. The van der Waals surface area contributed by atoms with Crippen LogP contribution in [0, 0.1) is 0 Å². The van der Waals surface area contributed by atoms with E-state index in [1.165, 1.54) is 12.8 Å². The number of aromatic hydroxyl groups is 1. The molecule has 3 N–H and O–H groups in total. The predicted molar refractivity (Wildman–Crippen MR) is 83.8 cm³/mol. The van der Waals surface area contributed by atoms with Crippen LogP contribution in [0.25, 0.3) is 0 Å². The van der Waals surface area contributed by atoms with Crippen molar-refractivity contribution in [3.05, 3.63) is 29.8 Å². The topological polar surface area (TPSA) is 49.5 Å². The van der Waals surface area contributed by atoms with Crippen molar-refractivity contribution < 1.29 is 5.11 Å². The van der Waals surface area contributed by atoms with Gasteiger partial charge in [0.2, 0.25) is 0 Å². The summed E-state index contributed by atoms with van der Waals surface area (Å²) in [5, 5.41) is 10.1. The van der Waals surface area contributed by atoms with E-state index in [0.717, 1.165) is 31.4 Å². The average molecular weight is 276 g/mol. The van der Waals surface area contributed by atoms with E-state index in [1.54, 1.807) is 6.07 Å². The number of rotatable bonds is 5. The maximum atomic E-state index is 10.1. The van der Waals surface area contributed by atoms with Crippen molar-refractivity contribution in [2.75, 3.05) is 6.54 Å². The summed E-state index contributed by atoms with van der Waals surface area (Å²) in [5.41, 5.74) is 7.06. The number of phenols is 1. The molecule has 1 fully saturated rings. The predicted octanol–water partition coefficient (Wildman–Crippen LogP) is 3.44. The monoisotopic (exact) mass is 276 g/mol. The minimum Gasteiger partial charge on any atom is -0.508 e. The zero-order chi connectivity index (χ0) is 14.5. The molecule has 1 saturated carbocycles. The molecule has 2 rings (SSSR count). The Balaban J connectivity index is 2.13. The van der Waals surface area contributed by atoms with Crippen molar-refractivity contribution in [2.45, 2.75) is 64.1 Å². The largest absolute Gasteiger partial charge is 0.508 e. The summed E-state index contributed by atoms with van der Waals surface area (Å²) in [6.45, 7) is 5.51. The summed E-state index contributed by atoms with van der Waals surface area (Å²) >= 11 is 0. The van der Waals surface area contributed by atoms with Crippen molar-refractivity contribution in [1.29, 1.82) is 0 Å². The Labute approximate surface area is 122 Å². The Bertz CT molecular complexity index is 413. The lowest BCUT2D eigenvalue weighted by atomic mass is 9.89. The summed E-state index contributed by atoms with van der Waals surface area (Å²) < 4.78 is 0. The van der Waals surface area contributed by atoms with Crippen molar-refractivity contribution in [1.82, 2.24) is 4.90 Å². The molecule has 0 amide bonds. The van der Waals surface area contributed by atoms with Gasteiger partial charge in [-0.1, -0.05) is 25.1 Å². The third-order valence-electron chi connectivity index (χ3n) is 4.58. The normalized spacial score (nSPS) is 24.8. The van der Waals surface area contributed by atoms with E-state index >= 15 is 0 Å². The van der Waals surface area contributed by atoms with Gasteiger partial charge in [-0.2, -0.15) is 0 Å². The SMILES string of the molecule is CCCN(C1CCC(N)CC1)C(C)c1ccccc1O. The highest BCUT2D eigenvalue weighted by molar-refractivity contribution is 5.34. The molecule has 0 bridgehead atoms. The Morgan fingerprint density at radius 1 is 1.25 bits per heavy atom. The molecule has 1 aliphatic carbocycles. The van der Waals surface area contributed by atoms with Crippen molar-refractivity contribution in [3.8, 4) is 5.75 Å². The number of hydrogen-bond donors (Lipinski definition) is 2. The summed E-state index contributed by atoms with van der Waals surface area (Å²) in [4.78, 5) is 2.56. The third kappa shape index (κ3) is 3.53. The molecule has 1 unspecified atom stereocenters. The molecule has 0 heterocycles. The maximum absolute atomic E-state index is 10.1. The van der Waals surface area contributed by atoms with E-state index in [9.17, 15) is 5.11 Å². The number of phenolic OH excluding ortho intramolecular Hbond substituents is 1. The van der Waals surface area contributed by atoms with E-state index < -0.39 is 0 Å². The van der Waals surface area contributed by atoms with Crippen molar-refractivity contribution in [2.24, 2.45) is 5.73 Å². The number of para-hydroxylation sites is 1. The molecule has 20 heavy (non-hydrogen) atoms. The molecule has 0 aliphatic heterocycles. The number of hydrogen-bond acceptors (Lipinski definition) is 3. The van der Waals surface area contributed by atoms with Crippen molar-refractivity contribution >= 4 is 0 Å². The fourth-order valence-electron chi connectivity index (χ4n) is 3.40. The van der Waals surface area contributed by atoms with Crippen LogP contribution in [0.15, 0.2) is 24.3 Å². The van der Waals surface area contributed by atoms with Gasteiger partial charge in [0.1, 0.15) is 5.75 Å². The van der Waals surface area contributed by atoms with E-state index in [4.69, 9.17) is 5.73 Å². The Morgan fingerprint density at radius 3 is 2.50 bits per heavy atom. The van der Waals surface area contributed by atoms with E-state index in [-0.39, 0.29) is 6.04 Å². The smallest absolute Gasteiger partial charge is 0.120 e. The first-order valence-corrected chi connectivity index (χ1v) is 7.92. The van der Waals surface area contributed by atoms with Gasteiger partial charge in [0.25, 0.3) is 0 Å². The van der Waals surface area contributed by atoms with Crippen LogP contribution in [-0.4, -0.2) is 28.6 Å². The van der Waals surface area contributed by atoms with E-state index in [0.29, 0.717) is 17.8 Å². The second-order valence-electron chi connectivity index (χ2n) is 6.04. The quantitative estimate of drug-likeness (QED) is 0.866. The van der Waals surface area contributed by atoms with Gasteiger partial charge in [0.05, 0.1) is 0 Å². The molecule has 1 aliphatic rings. The minimum absolute atomic E-state index is 0.260. The number of nitrogens with two attached hydrogens (primary N) is 1. The molecule has 0 aromatic heterocycles. The zero-order valence-electron chi connectivity index (χ0n) is 12.8. The molecule has 0 radical (unpaired) electrons. The highest BCUT2D eigenvalue weighted by Gasteiger charge is 2.28. The Hall–Kier alpha value is -1.06. The van der Waals surface area contributed by atoms with Crippen LogP contribution in [-0.2, 0) is 0 Å². The minimum atomic E-state index is 0.260. The molecular formula is C17H28N2O. The molecule has 1 atom stereocenters. The summed E-state index contributed by atoms with van der Waals surface area (Å²) in [7, 11) is 0. The van der Waals surface area contributed by atoms with Gasteiger partial charge < -0.3 is 10.8 Å². The molecule has 3 nitrogen and oxygen atoms in total. The molecule has 1 aromatic carbocycles. The lowest BCUT2D eigenvalue weighted by molar-refractivity contribution is 0.106. The molecule has 112 valence electrons. The second-order valence-corrected chi connectivity index (χ2v) is 6.04. The number of nitrogens with zero attached hydrogens (tertiary/aromatic N) is 1. The average Bonchev–Trinajstić information content (AvgIpc) is 2.46. The van der Waals surface area contributed by atoms with Gasteiger partial charge in [0.15, 0.2) is 0 Å². The highest BCUT2D eigenvalue weighted by atomic mass is 16.3. The standard InChI is InChI=1S/C17H28N2O/c1-3-12-19(15-10-8-14(18)9-11-15)13(2)16-6-4-5-7-17(16)20/h4-7,13-15,20H,3,8-12,18H2,1-2H3. The second kappa shape index (κ2) is 7.09. The number of benzene rings is 1. The first kappa shape index (κ1) is 15.3. The molecule has 3 heteroatoms. The molecule has 0 spiro atoms.